The molecule has 2 atom stereocenters. The molecule has 20 heavy (non-hydrogen) atoms. The number of nitrogens with two attached hydrogens (primary N) is 1. The molecule has 104 valence electrons. The van der Waals surface area contributed by atoms with Crippen LogP contribution in [0.5, 0.6) is 0 Å². The van der Waals surface area contributed by atoms with E-state index in [9.17, 15) is 4.79 Å². The van der Waals surface area contributed by atoms with Crippen molar-refractivity contribution in [2.75, 3.05) is 5.73 Å². The number of nitrogen functional groups attached to an aromatic ring is 1. The van der Waals surface area contributed by atoms with E-state index in [0.29, 0.717) is 17.3 Å². The third-order valence-electron chi connectivity index (χ3n) is 3.88. The molecule has 2 aromatic rings. The Morgan fingerprint density at radius 1 is 1.30 bits per heavy atom. The number of nitrogens with one attached hydrogen (secondary N) is 1. The lowest BCUT2D eigenvalue weighted by molar-refractivity contribution is 0.0929. The zero-order chi connectivity index (χ0) is 13.9. The predicted molar refractivity (Wildman–Crippen MR) is 77.2 cm³/mol. The van der Waals surface area contributed by atoms with Crippen molar-refractivity contribution >= 4 is 11.6 Å². The van der Waals surface area contributed by atoms with E-state index >= 15 is 0 Å². The van der Waals surface area contributed by atoms with E-state index in [1.807, 2.05) is 12.5 Å². The minimum atomic E-state index is -0.0398. The Kier molecular flexibility index (Phi) is 3.41. The lowest BCUT2D eigenvalue weighted by Crippen LogP contribution is -2.38. The topological polar surface area (TPSA) is 72.9 Å². The quantitative estimate of drug-likeness (QED) is 0.838. The van der Waals surface area contributed by atoms with Gasteiger partial charge in [0.1, 0.15) is 0 Å². The standard InChI is InChI=1S/C15H18N4O/c16-12-6-4-11(5-7-12)15(20)18-13-2-1-3-14(13)19-9-8-17-10-19/h4-10,13-14H,1-3,16H2,(H,18,20). The van der Waals surface area contributed by atoms with Crippen LogP contribution in [0.3, 0.4) is 0 Å². The van der Waals surface area contributed by atoms with E-state index in [-0.39, 0.29) is 11.9 Å². The molecule has 0 radical (unpaired) electrons. The van der Waals surface area contributed by atoms with Gasteiger partial charge in [0.15, 0.2) is 0 Å². The van der Waals surface area contributed by atoms with Crippen molar-refractivity contribution in [1.82, 2.24) is 14.9 Å². The van der Waals surface area contributed by atoms with Crippen LogP contribution in [0.1, 0.15) is 35.7 Å². The Bertz CT molecular complexity index is 576. The molecule has 1 fully saturated rings. The molecule has 1 amide bonds. The van der Waals surface area contributed by atoms with Crippen LogP contribution in [-0.2, 0) is 0 Å². The lowest BCUT2D eigenvalue weighted by Gasteiger charge is -2.22. The van der Waals surface area contributed by atoms with Gasteiger partial charge in [-0.1, -0.05) is 0 Å². The molecule has 0 aliphatic heterocycles. The Hall–Kier alpha value is -2.30. The zero-order valence-electron chi connectivity index (χ0n) is 11.2. The largest absolute Gasteiger partial charge is 0.399 e. The third kappa shape index (κ3) is 2.52. The molecule has 3 rings (SSSR count). The van der Waals surface area contributed by atoms with Gasteiger partial charge in [-0.3, -0.25) is 4.79 Å². The van der Waals surface area contributed by atoms with E-state index in [1.54, 1.807) is 30.5 Å². The molecule has 1 aromatic heterocycles. The van der Waals surface area contributed by atoms with Crippen molar-refractivity contribution in [3.63, 3.8) is 0 Å². The summed E-state index contributed by atoms with van der Waals surface area (Å²) in [7, 11) is 0. The van der Waals surface area contributed by atoms with Gasteiger partial charge in [0.2, 0.25) is 0 Å². The Morgan fingerprint density at radius 3 is 2.80 bits per heavy atom. The zero-order valence-corrected chi connectivity index (χ0v) is 11.2. The highest BCUT2D eigenvalue weighted by atomic mass is 16.1. The van der Waals surface area contributed by atoms with Crippen molar-refractivity contribution in [3.8, 4) is 0 Å². The fourth-order valence-corrected chi connectivity index (χ4v) is 2.82. The van der Waals surface area contributed by atoms with Crippen LogP contribution in [0.4, 0.5) is 5.69 Å². The fourth-order valence-electron chi connectivity index (χ4n) is 2.82. The number of amides is 1. The second-order valence-electron chi connectivity index (χ2n) is 5.21. The van der Waals surface area contributed by atoms with Gasteiger partial charge < -0.3 is 15.6 Å². The predicted octanol–water partition coefficient (Wildman–Crippen LogP) is 1.99. The first-order valence-corrected chi connectivity index (χ1v) is 6.88. The van der Waals surface area contributed by atoms with Gasteiger partial charge in [-0.15, -0.1) is 0 Å². The van der Waals surface area contributed by atoms with Crippen LogP contribution in [0.2, 0.25) is 0 Å². The smallest absolute Gasteiger partial charge is 0.251 e. The van der Waals surface area contributed by atoms with Crippen LogP contribution in [-0.4, -0.2) is 21.5 Å². The summed E-state index contributed by atoms with van der Waals surface area (Å²) in [6.45, 7) is 0. The normalized spacial score (nSPS) is 21.8. The summed E-state index contributed by atoms with van der Waals surface area (Å²) >= 11 is 0. The molecular weight excluding hydrogens is 252 g/mol. The van der Waals surface area contributed by atoms with E-state index in [4.69, 9.17) is 5.73 Å². The second-order valence-corrected chi connectivity index (χ2v) is 5.21. The molecule has 5 nitrogen and oxygen atoms in total. The van der Waals surface area contributed by atoms with Gasteiger partial charge in [-0.25, -0.2) is 4.98 Å². The summed E-state index contributed by atoms with van der Waals surface area (Å²) < 4.78 is 2.08. The first kappa shape index (κ1) is 12.7. The molecule has 0 spiro atoms. The number of imidazole rings is 1. The van der Waals surface area contributed by atoms with Crippen molar-refractivity contribution in [2.45, 2.75) is 31.3 Å². The number of rotatable bonds is 3. The highest BCUT2D eigenvalue weighted by Gasteiger charge is 2.29. The van der Waals surface area contributed by atoms with Gasteiger partial charge in [0.25, 0.3) is 5.91 Å². The average molecular weight is 270 g/mol. The molecule has 0 saturated heterocycles. The average Bonchev–Trinajstić information content (AvgIpc) is 3.09. The highest BCUT2D eigenvalue weighted by Crippen LogP contribution is 2.30. The van der Waals surface area contributed by atoms with Gasteiger partial charge in [0.05, 0.1) is 12.4 Å². The Morgan fingerprint density at radius 2 is 2.10 bits per heavy atom. The van der Waals surface area contributed by atoms with E-state index in [0.717, 1.165) is 19.3 Å². The SMILES string of the molecule is Nc1ccc(C(=O)NC2CCCC2n2ccnc2)cc1. The summed E-state index contributed by atoms with van der Waals surface area (Å²) in [5.41, 5.74) is 6.95. The van der Waals surface area contributed by atoms with Crippen molar-refractivity contribution in [1.29, 1.82) is 0 Å². The molecule has 3 N–H and O–H groups in total. The molecule has 1 heterocycles. The number of anilines is 1. The van der Waals surface area contributed by atoms with Gasteiger partial charge in [-0.05, 0) is 43.5 Å². The summed E-state index contributed by atoms with van der Waals surface area (Å²) in [5, 5.41) is 3.12. The van der Waals surface area contributed by atoms with Gasteiger partial charge >= 0.3 is 0 Å². The highest BCUT2D eigenvalue weighted by molar-refractivity contribution is 5.94. The lowest BCUT2D eigenvalue weighted by atomic mass is 10.1. The van der Waals surface area contributed by atoms with Crippen LogP contribution < -0.4 is 11.1 Å². The molecule has 1 aromatic carbocycles. The van der Waals surface area contributed by atoms with Crippen molar-refractivity contribution in [3.05, 3.63) is 48.5 Å². The first-order valence-electron chi connectivity index (χ1n) is 6.88. The number of hydrogen-bond acceptors (Lipinski definition) is 3. The molecule has 1 aliphatic carbocycles. The van der Waals surface area contributed by atoms with Crippen LogP contribution in [0, 0.1) is 0 Å². The number of benzene rings is 1. The Labute approximate surface area is 117 Å². The Balaban J connectivity index is 1.70. The van der Waals surface area contributed by atoms with E-state index < -0.39 is 0 Å². The summed E-state index contributed by atoms with van der Waals surface area (Å²) in [6.07, 6.45) is 8.75. The van der Waals surface area contributed by atoms with Crippen LogP contribution in [0.15, 0.2) is 43.0 Å². The van der Waals surface area contributed by atoms with E-state index in [2.05, 4.69) is 14.9 Å². The number of aromatic nitrogens is 2. The number of carbonyl (C=O) groups is 1. The van der Waals surface area contributed by atoms with Crippen LogP contribution in [0.25, 0.3) is 0 Å². The first-order chi connectivity index (χ1) is 9.74. The summed E-state index contributed by atoms with van der Waals surface area (Å²) in [6, 6.07) is 7.47. The van der Waals surface area contributed by atoms with Gasteiger partial charge in [-0.2, -0.15) is 0 Å². The van der Waals surface area contributed by atoms with Crippen molar-refractivity contribution in [2.24, 2.45) is 0 Å². The maximum absolute atomic E-state index is 12.3. The maximum Gasteiger partial charge on any atom is 0.251 e. The number of carbonyl (C=O) groups excluding carboxylic acids is 1. The molecule has 2 unspecified atom stereocenters. The maximum atomic E-state index is 12.3. The monoisotopic (exact) mass is 270 g/mol. The molecule has 5 heteroatoms. The molecule has 1 saturated carbocycles. The fraction of sp³-hybridized carbons (Fsp3) is 0.333. The number of nitrogens with zero attached hydrogens (tertiary/aromatic N) is 2. The van der Waals surface area contributed by atoms with Crippen LogP contribution >= 0.6 is 0 Å². The second kappa shape index (κ2) is 5.36. The minimum absolute atomic E-state index is 0.0398. The summed E-state index contributed by atoms with van der Waals surface area (Å²) in [4.78, 5) is 16.3. The van der Waals surface area contributed by atoms with Crippen molar-refractivity contribution < 1.29 is 4.79 Å². The molecular formula is C15H18N4O. The molecule has 0 bridgehead atoms. The molecule has 1 aliphatic rings. The minimum Gasteiger partial charge on any atom is -0.399 e. The summed E-state index contributed by atoms with van der Waals surface area (Å²) in [5.74, 6) is -0.0398. The third-order valence-corrected chi connectivity index (χ3v) is 3.88. The number of hydrogen-bond donors (Lipinski definition) is 2. The van der Waals surface area contributed by atoms with Gasteiger partial charge in [0, 0.05) is 29.7 Å². The van der Waals surface area contributed by atoms with E-state index in [1.165, 1.54) is 0 Å².